The summed E-state index contributed by atoms with van der Waals surface area (Å²) in [5.41, 5.74) is 0.616. The summed E-state index contributed by atoms with van der Waals surface area (Å²) in [7, 11) is -3.94. The maximum Gasteiger partial charge on any atom is 0.253 e. The number of aromatic nitrogens is 1. The Kier molecular flexibility index (Phi) is 8.50. The molecule has 0 unspecified atom stereocenters. The number of benzene rings is 2. The highest BCUT2D eigenvalue weighted by atomic mass is 32.2. The molecule has 4 rings (SSSR count). The second kappa shape index (κ2) is 11.3. The van der Waals surface area contributed by atoms with E-state index in [0.717, 1.165) is 31.4 Å². The van der Waals surface area contributed by atoms with E-state index in [-0.39, 0.29) is 28.1 Å². The molecular formula is C31H42FN3O4S. The zero-order valence-corrected chi connectivity index (χ0v) is 25.2. The first-order valence-electron chi connectivity index (χ1n) is 14.0. The van der Waals surface area contributed by atoms with Crippen LogP contribution in [0.15, 0.2) is 41.3 Å². The minimum absolute atomic E-state index is 0.00549. The van der Waals surface area contributed by atoms with Crippen molar-refractivity contribution < 1.29 is 22.7 Å². The van der Waals surface area contributed by atoms with Crippen molar-refractivity contribution in [3.05, 3.63) is 53.5 Å². The molecule has 0 radical (unpaired) electrons. The van der Waals surface area contributed by atoms with Gasteiger partial charge in [-0.05, 0) is 78.5 Å². The van der Waals surface area contributed by atoms with E-state index >= 15 is 4.39 Å². The average molecular weight is 572 g/mol. The smallest absolute Gasteiger partial charge is 0.253 e. The van der Waals surface area contributed by atoms with Crippen LogP contribution in [0, 0.1) is 18.7 Å². The fraction of sp³-hybridized carbons (Fsp3) is 0.516. The van der Waals surface area contributed by atoms with Gasteiger partial charge in [0.05, 0.1) is 16.1 Å². The van der Waals surface area contributed by atoms with Crippen molar-refractivity contribution >= 4 is 26.7 Å². The normalized spacial score (nSPS) is 15.5. The third kappa shape index (κ3) is 6.75. The number of halogens is 1. The highest BCUT2D eigenvalue weighted by molar-refractivity contribution is 7.89. The molecule has 0 atom stereocenters. The number of carbonyl (C=O) groups excluding carboxylic acids is 1. The minimum atomic E-state index is -3.94. The van der Waals surface area contributed by atoms with Crippen LogP contribution in [-0.2, 0) is 16.6 Å². The summed E-state index contributed by atoms with van der Waals surface area (Å²) in [5.74, 6) is -0.421. The largest absolute Gasteiger partial charge is 0.389 e. The Morgan fingerprint density at radius 1 is 1.07 bits per heavy atom. The Bertz CT molecular complexity index is 1510. The van der Waals surface area contributed by atoms with Crippen LogP contribution in [0.25, 0.3) is 22.0 Å². The van der Waals surface area contributed by atoms with Gasteiger partial charge in [-0.2, -0.15) is 0 Å². The van der Waals surface area contributed by atoms with Gasteiger partial charge in [0.25, 0.3) is 5.91 Å². The number of carbonyl (C=O) groups is 1. The lowest BCUT2D eigenvalue weighted by molar-refractivity contribution is 0.0694. The van der Waals surface area contributed by atoms with Gasteiger partial charge in [-0.3, -0.25) is 4.79 Å². The number of amides is 1. The molecule has 9 heteroatoms. The molecule has 3 aromatic rings. The van der Waals surface area contributed by atoms with Gasteiger partial charge in [0.2, 0.25) is 10.0 Å². The summed E-state index contributed by atoms with van der Waals surface area (Å²) in [4.78, 5) is 13.3. The molecule has 0 saturated heterocycles. The van der Waals surface area contributed by atoms with Crippen LogP contribution in [0.1, 0.15) is 82.8 Å². The first kappa shape index (κ1) is 30.2. The number of aliphatic hydroxyl groups is 1. The third-order valence-corrected chi connectivity index (χ3v) is 9.23. The molecule has 1 aliphatic carbocycles. The van der Waals surface area contributed by atoms with Gasteiger partial charge in [-0.25, -0.2) is 17.5 Å². The Morgan fingerprint density at radius 3 is 2.38 bits per heavy atom. The van der Waals surface area contributed by atoms with Crippen molar-refractivity contribution in [1.82, 2.24) is 14.6 Å². The average Bonchev–Trinajstić information content (AvgIpc) is 3.16. The standard InChI is InChI=1S/C31H42FN3O4S/c1-20-24(29(36)33-19-31(5,6)37)17-26(35(20)18-21-11-8-7-9-12-21)22-15-16-27(40(38,39)34-30(2,3)4)23-13-10-14-25(32)28(22)23/h10,13-17,21,34,37H,7-9,11-12,18-19H2,1-6H3,(H,33,36). The van der Waals surface area contributed by atoms with E-state index in [0.29, 0.717) is 29.3 Å². The van der Waals surface area contributed by atoms with Crippen LogP contribution < -0.4 is 10.0 Å². The summed E-state index contributed by atoms with van der Waals surface area (Å²) in [6.45, 7) is 11.2. The van der Waals surface area contributed by atoms with Gasteiger partial charge >= 0.3 is 0 Å². The van der Waals surface area contributed by atoms with E-state index in [1.807, 2.05) is 6.92 Å². The molecular weight excluding hydrogens is 529 g/mol. The summed E-state index contributed by atoms with van der Waals surface area (Å²) >= 11 is 0. The van der Waals surface area contributed by atoms with E-state index in [9.17, 15) is 18.3 Å². The molecule has 1 saturated carbocycles. The molecule has 1 fully saturated rings. The van der Waals surface area contributed by atoms with Crippen molar-refractivity contribution in [3.63, 3.8) is 0 Å². The zero-order valence-electron chi connectivity index (χ0n) is 24.4. The lowest BCUT2D eigenvalue weighted by Gasteiger charge is -2.25. The highest BCUT2D eigenvalue weighted by Crippen LogP contribution is 2.38. The van der Waals surface area contributed by atoms with Crippen LogP contribution in [-0.4, -0.2) is 41.7 Å². The number of sulfonamides is 1. The number of fused-ring (bicyclic) bond motifs is 1. The zero-order chi connectivity index (χ0) is 29.5. The molecule has 3 N–H and O–H groups in total. The molecule has 7 nitrogen and oxygen atoms in total. The van der Waals surface area contributed by atoms with Crippen molar-refractivity contribution in [2.45, 2.75) is 96.2 Å². The van der Waals surface area contributed by atoms with Gasteiger partial charge in [0.15, 0.2) is 0 Å². The quantitative estimate of drug-likeness (QED) is 0.313. The SMILES string of the molecule is Cc1c(C(=O)NCC(C)(C)O)cc(-c2ccc(S(=O)(=O)NC(C)(C)C)c3cccc(F)c23)n1CC1CCCCC1. The monoisotopic (exact) mass is 571 g/mol. The van der Waals surface area contributed by atoms with E-state index in [2.05, 4.69) is 14.6 Å². The van der Waals surface area contributed by atoms with Crippen LogP contribution in [0.5, 0.6) is 0 Å². The molecule has 0 spiro atoms. The minimum Gasteiger partial charge on any atom is -0.389 e. The molecule has 1 amide bonds. The fourth-order valence-corrected chi connectivity index (χ4v) is 7.22. The summed E-state index contributed by atoms with van der Waals surface area (Å²) < 4.78 is 47.0. The van der Waals surface area contributed by atoms with Crippen LogP contribution in [0.4, 0.5) is 4.39 Å². The third-order valence-electron chi connectivity index (χ3n) is 7.41. The first-order chi connectivity index (χ1) is 18.6. The second-order valence-corrected chi connectivity index (χ2v) is 14.4. The molecule has 1 aliphatic rings. The van der Waals surface area contributed by atoms with Crippen LogP contribution in [0.2, 0.25) is 0 Å². The van der Waals surface area contributed by atoms with Gasteiger partial charge in [0, 0.05) is 46.4 Å². The first-order valence-corrected chi connectivity index (χ1v) is 15.5. The van der Waals surface area contributed by atoms with Gasteiger partial charge in [-0.1, -0.05) is 37.5 Å². The lowest BCUT2D eigenvalue weighted by Crippen LogP contribution is -2.40. The molecule has 1 aromatic heterocycles. The van der Waals surface area contributed by atoms with Crippen molar-refractivity contribution in [2.75, 3.05) is 6.54 Å². The molecule has 218 valence electrons. The van der Waals surface area contributed by atoms with Gasteiger partial charge in [0.1, 0.15) is 5.82 Å². The topological polar surface area (TPSA) is 100 Å². The summed E-state index contributed by atoms with van der Waals surface area (Å²) in [6, 6.07) is 9.40. The molecule has 0 aliphatic heterocycles. The molecule has 2 aromatic carbocycles. The molecule has 1 heterocycles. The van der Waals surface area contributed by atoms with Gasteiger partial charge < -0.3 is 15.0 Å². The maximum absolute atomic E-state index is 15.6. The van der Waals surface area contributed by atoms with Crippen molar-refractivity contribution in [3.8, 4) is 11.3 Å². The Balaban J connectivity index is 1.90. The van der Waals surface area contributed by atoms with E-state index in [4.69, 9.17) is 0 Å². The van der Waals surface area contributed by atoms with E-state index in [1.54, 1.807) is 52.8 Å². The number of nitrogens with zero attached hydrogens (tertiary/aromatic N) is 1. The van der Waals surface area contributed by atoms with Crippen molar-refractivity contribution in [1.29, 1.82) is 0 Å². The Morgan fingerprint density at radius 2 is 1.75 bits per heavy atom. The highest BCUT2D eigenvalue weighted by Gasteiger charge is 2.28. The number of hydrogen-bond acceptors (Lipinski definition) is 4. The van der Waals surface area contributed by atoms with E-state index < -0.39 is 27.0 Å². The summed E-state index contributed by atoms with van der Waals surface area (Å²) in [5, 5.41) is 13.4. The Labute approximate surface area is 237 Å². The maximum atomic E-state index is 15.6. The summed E-state index contributed by atoms with van der Waals surface area (Å²) in [6.07, 6.45) is 5.70. The van der Waals surface area contributed by atoms with Crippen LogP contribution >= 0.6 is 0 Å². The van der Waals surface area contributed by atoms with Gasteiger partial charge in [-0.15, -0.1) is 0 Å². The van der Waals surface area contributed by atoms with Crippen LogP contribution in [0.3, 0.4) is 0 Å². The molecule has 40 heavy (non-hydrogen) atoms. The fourth-order valence-electron chi connectivity index (χ4n) is 5.59. The van der Waals surface area contributed by atoms with Crippen molar-refractivity contribution in [2.24, 2.45) is 5.92 Å². The predicted octanol–water partition coefficient (Wildman–Crippen LogP) is 5.91. The number of hydrogen-bond donors (Lipinski definition) is 3. The predicted molar refractivity (Wildman–Crippen MR) is 157 cm³/mol. The molecule has 0 bridgehead atoms. The number of rotatable bonds is 8. The lowest BCUT2D eigenvalue weighted by atomic mass is 9.89. The second-order valence-electron chi connectivity index (χ2n) is 12.8. The number of nitrogens with one attached hydrogen (secondary N) is 2. The van der Waals surface area contributed by atoms with E-state index in [1.165, 1.54) is 24.6 Å². The Hall–Kier alpha value is -2.75.